The summed E-state index contributed by atoms with van der Waals surface area (Å²) in [7, 11) is 0. The minimum Gasteiger partial charge on any atom is -0.393 e. The third-order valence-corrected chi connectivity index (χ3v) is 13.3. The van der Waals surface area contributed by atoms with Crippen LogP contribution in [0.3, 0.4) is 0 Å². The van der Waals surface area contributed by atoms with Gasteiger partial charge >= 0.3 is 0 Å². The molecular weight excluding hydrogens is 476 g/mol. The van der Waals surface area contributed by atoms with Crippen molar-refractivity contribution < 1.29 is 24.8 Å². The van der Waals surface area contributed by atoms with Gasteiger partial charge in [-0.1, -0.05) is 39.3 Å². The Hall–Kier alpha value is -0.460. The molecule has 5 nitrogen and oxygen atoms in total. The van der Waals surface area contributed by atoms with Gasteiger partial charge in [0.1, 0.15) is 0 Å². The van der Waals surface area contributed by atoms with E-state index in [0.717, 1.165) is 70.0 Å². The standard InChI is InChI=1S/C33H56O5/c1-21(19-34)10-9-15-32(8,36)23-13-17-31(7)22(23)11-12-24-30(6)16-14-26(35)28(2,3)25(30)18-27-33(24,31)20-37-29(4,5)38-27/h10,22-27,34-36H,9,11-20H2,1-8H3/b21-10-/t22-,23+,24-,25+,26+,27+,30-,31-,32+,33+/m1/s1. The quantitative estimate of drug-likeness (QED) is 0.365. The van der Waals surface area contributed by atoms with Gasteiger partial charge < -0.3 is 24.8 Å². The first-order valence-corrected chi connectivity index (χ1v) is 15.5. The molecular formula is C33H56O5. The zero-order valence-electron chi connectivity index (χ0n) is 25.5. The van der Waals surface area contributed by atoms with E-state index in [1.54, 1.807) is 0 Å². The molecule has 0 bridgehead atoms. The third kappa shape index (κ3) is 4.03. The lowest BCUT2D eigenvalue weighted by atomic mass is 9.34. The fraction of sp³-hybridized carbons (Fsp3) is 0.939. The van der Waals surface area contributed by atoms with E-state index < -0.39 is 11.4 Å². The Morgan fingerprint density at radius 2 is 1.71 bits per heavy atom. The van der Waals surface area contributed by atoms with Crippen LogP contribution >= 0.6 is 0 Å². The number of allylic oxidation sites excluding steroid dienone is 1. The molecule has 0 aromatic heterocycles. The van der Waals surface area contributed by atoms with Gasteiger partial charge in [-0.3, -0.25) is 0 Å². The zero-order chi connectivity index (χ0) is 27.9. The molecule has 5 fully saturated rings. The Labute approximate surface area is 231 Å². The van der Waals surface area contributed by atoms with Crippen LogP contribution in [0.25, 0.3) is 0 Å². The van der Waals surface area contributed by atoms with Crippen LogP contribution in [-0.2, 0) is 9.47 Å². The van der Waals surface area contributed by atoms with Crippen LogP contribution in [-0.4, -0.2) is 52.1 Å². The SMILES string of the molecule is C/C(=C/CC[C@](C)(O)[C@H]1CC[C@]2(C)[C@@H]1CC[C@@H]1[C@@]3(C)CC[C@H](O)C(C)(C)[C@@H]3C[C@@H]3OC(C)(C)OC[C@@]312)CO. The van der Waals surface area contributed by atoms with Crippen molar-refractivity contribution in [3.05, 3.63) is 11.6 Å². The predicted molar refractivity (Wildman–Crippen MR) is 150 cm³/mol. The molecule has 1 aliphatic heterocycles. The summed E-state index contributed by atoms with van der Waals surface area (Å²) in [5.41, 5.74) is 0.217. The average molecular weight is 533 g/mol. The summed E-state index contributed by atoms with van der Waals surface area (Å²) >= 11 is 0. The zero-order valence-corrected chi connectivity index (χ0v) is 25.5. The number of aliphatic hydroxyl groups is 3. The number of ether oxygens (including phenoxy) is 2. The van der Waals surface area contributed by atoms with Crippen molar-refractivity contribution in [1.29, 1.82) is 0 Å². The first-order chi connectivity index (χ1) is 17.6. The van der Waals surface area contributed by atoms with Gasteiger partial charge in [0.2, 0.25) is 0 Å². The summed E-state index contributed by atoms with van der Waals surface area (Å²) in [6.45, 7) is 18.6. The van der Waals surface area contributed by atoms with Crippen LogP contribution in [0.2, 0.25) is 0 Å². The highest BCUT2D eigenvalue weighted by atomic mass is 16.7. The Bertz CT molecular complexity index is 938. The summed E-state index contributed by atoms with van der Waals surface area (Å²) in [6, 6.07) is 0. The Morgan fingerprint density at radius 1 is 1.00 bits per heavy atom. The number of aliphatic hydroxyl groups excluding tert-OH is 2. The van der Waals surface area contributed by atoms with Gasteiger partial charge in [0.05, 0.1) is 31.0 Å². The van der Waals surface area contributed by atoms with Gasteiger partial charge in [-0.05, 0) is 125 Å². The van der Waals surface area contributed by atoms with Crippen LogP contribution in [0, 0.1) is 45.3 Å². The molecule has 5 rings (SSSR count). The third-order valence-electron chi connectivity index (χ3n) is 13.3. The van der Waals surface area contributed by atoms with Gasteiger partial charge in [-0.2, -0.15) is 0 Å². The molecule has 218 valence electrons. The highest BCUT2D eigenvalue weighted by Crippen LogP contribution is 2.77. The summed E-state index contributed by atoms with van der Waals surface area (Å²) < 4.78 is 13.6. The molecule has 10 atom stereocenters. The van der Waals surface area contributed by atoms with Crippen LogP contribution < -0.4 is 0 Å². The maximum absolute atomic E-state index is 11.9. The molecule has 5 heteroatoms. The smallest absolute Gasteiger partial charge is 0.163 e. The fourth-order valence-corrected chi connectivity index (χ4v) is 11.2. The summed E-state index contributed by atoms with van der Waals surface area (Å²) in [4.78, 5) is 0. The molecule has 0 amide bonds. The van der Waals surface area contributed by atoms with Gasteiger partial charge in [-0.25, -0.2) is 0 Å². The molecule has 3 N–H and O–H groups in total. The molecule has 0 unspecified atom stereocenters. The average Bonchev–Trinajstić information content (AvgIpc) is 3.20. The highest BCUT2D eigenvalue weighted by molar-refractivity contribution is 5.23. The van der Waals surface area contributed by atoms with E-state index in [1.165, 1.54) is 0 Å². The summed E-state index contributed by atoms with van der Waals surface area (Å²) in [6.07, 6.45) is 10.8. The van der Waals surface area contributed by atoms with Crippen LogP contribution in [0.1, 0.15) is 113 Å². The van der Waals surface area contributed by atoms with Gasteiger partial charge in [0.15, 0.2) is 5.79 Å². The first-order valence-electron chi connectivity index (χ1n) is 15.5. The van der Waals surface area contributed by atoms with Crippen molar-refractivity contribution >= 4 is 0 Å². The Balaban J connectivity index is 1.53. The predicted octanol–water partition coefficient (Wildman–Crippen LogP) is 6.24. The molecule has 1 heterocycles. The van der Waals surface area contributed by atoms with Crippen LogP contribution in [0.5, 0.6) is 0 Å². The van der Waals surface area contributed by atoms with E-state index in [0.29, 0.717) is 17.8 Å². The van der Waals surface area contributed by atoms with E-state index in [1.807, 2.05) is 6.92 Å². The second-order valence-electron chi connectivity index (χ2n) is 15.9. The summed E-state index contributed by atoms with van der Waals surface area (Å²) in [5, 5.41) is 32.4. The lowest BCUT2D eigenvalue weighted by Gasteiger charge is -2.74. The Kier molecular flexibility index (Phi) is 7.09. The first kappa shape index (κ1) is 29.0. The second kappa shape index (κ2) is 9.28. The number of fused-ring (bicyclic) bond motifs is 3. The van der Waals surface area contributed by atoms with E-state index in [4.69, 9.17) is 9.47 Å². The molecule has 1 saturated heterocycles. The van der Waals surface area contributed by atoms with E-state index in [-0.39, 0.29) is 46.4 Å². The Morgan fingerprint density at radius 3 is 2.39 bits per heavy atom. The number of hydrogen-bond donors (Lipinski definition) is 3. The molecule has 4 aliphatic carbocycles. The second-order valence-corrected chi connectivity index (χ2v) is 15.9. The normalized spacial score (nSPS) is 49.3. The molecule has 0 aromatic rings. The van der Waals surface area contributed by atoms with E-state index in [2.05, 4.69) is 54.5 Å². The minimum atomic E-state index is -0.735. The van der Waals surface area contributed by atoms with Crippen molar-refractivity contribution in [2.45, 2.75) is 137 Å². The largest absolute Gasteiger partial charge is 0.393 e. The van der Waals surface area contributed by atoms with Crippen LogP contribution in [0.4, 0.5) is 0 Å². The van der Waals surface area contributed by atoms with Gasteiger partial charge in [0.25, 0.3) is 0 Å². The topological polar surface area (TPSA) is 79.2 Å². The molecule has 38 heavy (non-hydrogen) atoms. The van der Waals surface area contributed by atoms with Crippen molar-refractivity contribution in [2.75, 3.05) is 13.2 Å². The minimum absolute atomic E-state index is 0.0385. The summed E-state index contributed by atoms with van der Waals surface area (Å²) in [5.74, 6) is 1.00. The molecule has 1 spiro atoms. The van der Waals surface area contributed by atoms with E-state index in [9.17, 15) is 15.3 Å². The lowest BCUT2D eigenvalue weighted by molar-refractivity contribution is -0.392. The maximum atomic E-state index is 11.9. The van der Waals surface area contributed by atoms with Crippen molar-refractivity contribution in [2.24, 2.45) is 45.3 Å². The molecule has 0 aromatic carbocycles. The molecule has 4 saturated carbocycles. The highest BCUT2D eigenvalue weighted by Gasteiger charge is 2.75. The number of rotatable bonds is 5. The lowest BCUT2D eigenvalue weighted by Crippen LogP contribution is -2.74. The maximum Gasteiger partial charge on any atom is 0.163 e. The van der Waals surface area contributed by atoms with Crippen LogP contribution in [0.15, 0.2) is 11.6 Å². The monoisotopic (exact) mass is 532 g/mol. The van der Waals surface area contributed by atoms with Gasteiger partial charge in [-0.15, -0.1) is 0 Å². The van der Waals surface area contributed by atoms with E-state index >= 15 is 0 Å². The van der Waals surface area contributed by atoms with Crippen molar-refractivity contribution in [1.82, 2.24) is 0 Å². The van der Waals surface area contributed by atoms with Crippen molar-refractivity contribution in [3.8, 4) is 0 Å². The number of hydrogen-bond acceptors (Lipinski definition) is 5. The van der Waals surface area contributed by atoms with Gasteiger partial charge in [0, 0.05) is 5.41 Å². The molecule has 0 radical (unpaired) electrons. The van der Waals surface area contributed by atoms with Crippen molar-refractivity contribution in [3.63, 3.8) is 0 Å². The molecule has 5 aliphatic rings. The fourth-order valence-electron chi connectivity index (χ4n) is 11.2.